The molecule has 0 bridgehead atoms. The van der Waals surface area contributed by atoms with Crippen molar-refractivity contribution in [1.82, 2.24) is 5.32 Å². The molecule has 18 heavy (non-hydrogen) atoms. The van der Waals surface area contributed by atoms with Gasteiger partial charge in [-0.2, -0.15) is 0 Å². The molecule has 1 N–H and O–H groups in total. The fourth-order valence-electron chi connectivity index (χ4n) is 1.67. The summed E-state index contributed by atoms with van der Waals surface area (Å²) in [7, 11) is 0. The van der Waals surface area contributed by atoms with Crippen LogP contribution in [-0.4, -0.2) is 11.8 Å². The fourth-order valence-corrected chi connectivity index (χ4v) is 2.73. The highest BCUT2D eigenvalue weighted by Crippen LogP contribution is 2.26. The van der Waals surface area contributed by atoms with Crippen LogP contribution in [0, 0.1) is 11.7 Å². The van der Waals surface area contributed by atoms with E-state index in [4.69, 9.17) is 0 Å². The molecule has 1 aromatic carbocycles. The lowest BCUT2D eigenvalue weighted by Crippen LogP contribution is -2.15. The summed E-state index contributed by atoms with van der Waals surface area (Å²) in [4.78, 5) is 0.783. The quantitative estimate of drug-likeness (QED) is 0.742. The van der Waals surface area contributed by atoms with E-state index in [1.54, 1.807) is 17.8 Å². The van der Waals surface area contributed by atoms with Crippen molar-refractivity contribution < 1.29 is 4.39 Å². The molecular formula is C15H22FNS. The average molecular weight is 267 g/mol. The third-order valence-corrected chi connectivity index (χ3v) is 4.77. The highest BCUT2D eigenvalue weighted by Gasteiger charge is 2.20. The van der Waals surface area contributed by atoms with Crippen LogP contribution in [0.4, 0.5) is 4.39 Å². The van der Waals surface area contributed by atoms with E-state index in [0.29, 0.717) is 12.0 Å². The topological polar surface area (TPSA) is 12.0 Å². The molecule has 0 radical (unpaired) electrons. The Labute approximate surface area is 114 Å². The van der Waals surface area contributed by atoms with Crippen molar-refractivity contribution in [2.75, 3.05) is 5.75 Å². The molecule has 0 aromatic heterocycles. The Bertz CT molecular complexity index is 390. The maximum Gasteiger partial charge on any atom is 0.137 e. The number of nitrogens with one attached hydrogen (secondary N) is 1. The van der Waals surface area contributed by atoms with Crippen molar-refractivity contribution in [2.24, 2.45) is 5.92 Å². The van der Waals surface area contributed by atoms with E-state index in [1.165, 1.54) is 12.8 Å². The minimum atomic E-state index is -0.0709. The highest BCUT2D eigenvalue weighted by atomic mass is 32.2. The van der Waals surface area contributed by atoms with Crippen LogP contribution >= 0.6 is 11.8 Å². The first-order valence-corrected chi connectivity index (χ1v) is 7.82. The molecule has 0 saturated heterocycles. The molecule has 1 aliphatic rings. The molecule has 100 valence electrons. The monoisotopic (exact) mass is 267 g/mol. The summed E-state index contributed by atoms with van der Waals surface area (Å²) in [6.45, 7) is 5.17. The number of halogens is 1. The SMILES string of the molecule is CCC(C)CSc1ccc(CNC2CC2)cc1F. The number of hydrogen-bond acceptors (Lipinski definition) is 2. The first kappa shape index (κ1) is 13.9. The third-order valence-electron chi connectivity index (χ3n) is 3.39. The molecule has 1 aromatic rings. The summed E-state index contributed by atoms with van der Waals surface area (Å²) < 4.78 is 13.9. The van der Waals surface area contributed by atoms with Crippen LogP contribution in [0.25, 0.3) is 0 Å². The molecule has 0 spiro atoms. The Morgan fingerprint density at radius 3 is 2.83 bits per heavy atom. The van der Waals surface area contributed by atoms with Crippen molar-refractivity contribution in [1.29, 1.82) is 0 Å². The smallest absolute Gasteiger partial charge is 0.137 e. The highest BCUT2D eigenvalue weighted by molar-refractivity contribution is 7.99. The predicted molar refractivity (Wildman–Crippen MR) is 76.4 cm³/mol. The summed E-state index contributed by atoms with van der Waals surface area (Å²) in [6, 6.07) is 6.31. The lowest BCUT2D eigenvalue weighted by atomic mass is 10.2. The zero-order valence-corrected chi connectivity index (χ0v) is 12.0. The van der Waals surface area contributed by atoms with E-state index in [2.05, 4.69) is 19.2 Å². The standard InChI is InChI=1S/C15H22FNS/c1-3-11(2)10-18-15-7-4-12(8-14(15)16)9-17-13-5-6-13/h4,7-8,11,13,17H,3,5-6,9-10H2,1-2H3. The average Bonchev–Trinajstić information content (AvgIpc) is 3.18. The first-order valence-electron chi connectivity index (χ1n) is 6.83. The number of hydrogen-bond donors (Lipinski definition) is 1. The van der Waals surface area contributed by atoms with Gasteiger partial charge < -0.3 is 5.32 Å². The van der Waals surface area contributed by atoms with Crippen molar-refractivity contribution in [2.45, 2.75) is 50.6 Å². The molecule has 1 fully saturated rings. The second kappa shape index (κ2) is 6.58. The number of rotatable bonds is 7. The van der Waals surface area contributed by atoms with Gasteiger partial charge in [-0.25, -0.2) is 4.39 Å². The van der Waals surface area contributed by atoms with Gasteiger partial charge in [-0.1, -0.05) is 26.3 Å². The van der Waals surface area contributed by atoms with E-state index in [-0.39, 0.29) is 5.82 Å². The molecule has 0 heterocycles. The maximum absolute atomic E-state index is 13.9. The Hall–Kier alpha value is -0.540. The molecule has 2 rings (SSSR count). The minimum absolute atomic E-state index is 0.0709. The largest absolute Gasteiger partial charge is 0.310 e. The summed E-state index contributed by atoms with van der Waals surface area (Å²) in [5, 5.41) is 3.41. The van der Waals surface area contributed by atoms with Crippen LogP contribution in [0.15, 0.2) is 23.1 Å². The van der Waals surface area contributed by atoms with Crippen LogP contribution < -0.4 is 5.32 Å². The van der Waals surface area contributed by atoms with Crippen LogP contribution in [0.5, 0.6) is 0 Å². The van der Waals surface area contributed by atoms with Crippen molar-refractivity contribution >= 4 is 11.8 Å². The van der Waals surface area contributed by atoms with Crippen LogP contribution in [0.1, 0.15) is 38.7 Å². The molecule has 1 saturated carbocycles. The van der Waals surface area contributed by atoms with Crippen LogP contribution in [0.3, 0.4) is 0 Å². The van der Waals surface area contributed by atoms with E-state index in [0.717, 1.165) is 29.2 Å². The van der Waals surface area contributed by atoms with Crippen molar-refractivity contribution in [3.8, 4) is 0 Å². The van der Waals surface area contributed by atoms with Crippen LogP contribution in [0.2, 0.25) is 0 Å². The lowest BCUT2D eigenvalue weighted by molar-refractivity contribution is 0.593. The normalized spacial score (nSPS) is 16.8. The van der Waals surface area contributed by atoms with Gasteiger partial charge in [0.25, 0.3) is 0 Å². The summed E-state index contributed by atoms with van der Waals surface area (Å²) >= 11 is 1.63. The summed E-state index contributed by atoms with van der Waals surface area (Å²) in [6.07, 6.45) is 3.69. The Morgan fingerprint density at radius 1 is 1.44 bits per heavy atom. The molecule has 1 unspecified atom stereocenters. The van der Waals surface area contributed by atoms with Gasteiger partial charge in [0.2, 0.25) is 0 Å². The lowest BCUT2D eigenvalue weighted by Gasteiger charge is -2.10. The van der Waals surface area contributed by atoms with Gasteiger partial charge in [-0.05, 0) is 36.5 Å². The first-order chi connectivity index (χ1) is 8.69. The Kier molecular flexibility index (Phi) is 5.07. The van der Waals surface area contributed by atoms with E-state index in [1.807, 2.05) is 12.1 Å². The van der Waals surface area contributed by atoms with Gasteiger partial charge in [0.05, 0.1) is 0 Å². The maximum atomic E-state index is 13.9. The van der Waals surface area contributed by atoms with Crippen molar-refractivity contribution in [3.63, 3.8) is 0 Å². The second-order valence-corrected chi connectivity index (χ2v) is 6.31. The third kappa shape index (κ3) is 4.29. The fraction of sp³-hybridized carbons (Fsp3) is 0.600. The molecule has 1 nitrogen and oxygen atoms in total. The van der Waals surface area contributed by atoms with E-state index < -0.39 is 0 Å². The molecule has 0 aliphatic heterocycles. The van der Waals surface area contributed by atoms with E-state index >= 15 is 0 Å². The van der Waals surface area contributed by atoms with Crippen molar-refractivity contribution in [3.05, 3.63) is 29.6 Å². The van der Waals surface area contributed by atoms with Gasteiger partial charge in [0.15, 0.2) is 0 Å². The summed E-state index contributed by atoms with van der Waals surface area (Å²) in [5.74, 6) is 1.57. The van der Waals surface area contributed by atoms with Gasteiger partial charge in [-0.15, -0.1) is 11.8 Å². The molecular weight excluding hydrogens is 245 g/mol. The minimum Gasteiger partial charge on any atom is -0.310 e. The number of thioether (sulfide) groups is 1. The Balaban J connectivity index is 1.87. The number of benzene rings is 1. The zero-order chi connectivity index (χ0) is 13.0. The zero-order valence-electron chi connectivity index (χ0n) is 11.2. The molecule has 0 amide bonds. The Morgan fingerprint density at radius 2 is 2.22 bits per heavy atom. The van der Waals surface area contributed by atoms with E-state index in [9.17, 15) is 4.39 Å². The predicted octanol–water partition coefficient (Wildman–Crippen LogP) is 4.22. The van der Waals surface area contributed by atoms with Gasteiger partial charge in [-0.3, -0.25) is 0 Å². The molecule has 1 aliphatic carbocycles. The second-order valence-electron chi connectivity index (χ2n) is 5.24. The van der Waals surface area contributed by atoms with Crippen LogP contribution in [-0.2, 0) is 6.54 Å². The van der Waals surface area contributed by atoms with Gasteiger partial charge in [0.1, 0.15) is 5.82 Å². The molecule has 3 heteroatoms. The summed E-state index contributed by atoms with van der Waals surface area (Å²) in [5.41, 5.74) is 1.05. The van der Waals surface area contributed by atoms with Gasteiger partial charge >= 0.3 is 0 Å². The van der Waals surface area contributed by atoms with Gasteiger partial charge in [0, 0.05) is 23.2 Å². The molecule has 1 atom stereocenters.